The molecule has 0 spiro atoms. The van der Waals surface area contributed by atoms with E-state index in [4.69, 9.17) is 5.73 Å². The zero-order valence-corrected chi connectivity index (χ0v) is 7.91. The van der Waals surface area contributed by atoms with Crippen molar-refractivity contribution < 1.29 is 0 Å². The van der Waals surface area contributed by atoms with Crippen molar-refractivity contribution in [3.8, 4) is 0 Å². The standard InChI is InChI=1S/C8H16N4/c1-11(2)8-6-7(4-5-9)12(3)10-8/h6H,4-5,9H2,1-3H3. The number of aromatic nitrogens is 2. The van der Waals surface area contributed by atoms with Gasteiger partial charge in [0.05, 0.1) is 0 Å². The monoisotopic (exact) mass is 168 g/mol. The van der Waals surface area contributed by atoms with E-state index in [2.05, 4.69) is 11.2 Å². The molecule has 0 saturated carbocycles. The van der Waals surface area contributed by atoms with E-state index in [0.717, 1.165) is 12.2 Å². The Balaban J connectivity index is 2.85. The second-order valence-electron chi connectivity index (χ2n) is 3.05. The summed E-state index contributed by atoms with van der Waals surface area (Å²) in [5.74, 6) is 0.987. The second kappa shape index (κ2) is 3.58. The first-order valence-electron chi connectivity index (χ1n) is 4.05. The molecule has 0 saturated heterocycles. The molecule has 0 radical (unpaired) electrons. The molecule has 4 nitrogen and oxygen atoms in total. The van der Waals surface area contributed by atoms with Gasteiger partial charge in [-0.25, -0.2) is 0 Å². The number of rotatable bonds is 3. The highest BCUT2D eigenvalue weighted by atomic mass is 15.3. The topological polar surface area (TPSA) is 47.1 Å². The molecule has 1 aromatic heterocycles. The van der Waals surface area contributed by atoms with E-state index in [0.29, 0.717) is 6.54 Å². The third kappa shape index (κ3) is 1.76. The molecule has 1 heterocycles. The van der Waals surface area contributed by atoms with Crippen LogP contribution >= 0.6 is 0 Å². The Morgan fingerprint density at radius 3 is 2.67 bits per heavy atom. The van der Waals surface area contributed by atoms with E-state index < -0.39 is 0 Å². The second-order valence-corrected chi connectivity index (χ2v) is 3.05. The number of aryl methyl sites for hydroxylation is 1. The Kier molecular flexibility index (Phi) is 2.70. The molecule has 0 aliphatic carbocycles. The van der Waals surface area contributed by atoms with Gasteiger partial charge >= 0.3 is 0 Å². The summed E-state index contributed by atoms with van der Waals surface area (Å²) in [5.41, 5.74) is 6.64. The highest BCUT2D eigenvalue weighted by Crippen LogP contribution is 2.10. The van der Waals surface area contributed by atoms with Crippen LogP contribution in [0, 0.1) is 0 Å². The molecule has 0 fully saturated rings. The molecule has 68 valence electrons. The maximum atomic E-state index is 5.46. The summed E-state index contributed by atoms with van der Waals surface area (Å²) >= 11 is 0. The SMILES string of the molecule is CN(C)c1cc(CCN)n(C)n1. The largest absolute Gasteiger partial charge is 0.361 e. The maximum absolute atomic E-state index is 5.46. The Hall–Kier alpha value is -1.03. The zero-order chi connectivity index (χ0) is 9.14. The van der Waals surface area contributed by atoms with Crippen LogP contribution in [0.1, 0.15) is 5.69 Å². The lowest BCUT2D eigenvalue weighted by atomic mass is 10.3. The summed E-state index contributed by atoms with van der Waals surface area (Å²) in [6, 6.07) is 2.06. The van der Waals surface area contributed by atoms with Gasteiger partial charge in [0.2, 0.25) is 0 Å². The molecule has 1 rings (SSSR count). The maximum Gasteiger partial charge on any atom is 0.150 e. The van der Waals surface area contributed by atoms with Crippen molar-refractivity contribution in [2.75, 3.05) is 25.5 Å². The van der Waals surface area contributed by atoms with Gasteiger partial charge in [-0.1, -0.05) is 0 Å². The van der Waals surface area contributed by atoms with E-state index in [1.54, 1.807) is 0 Å². The molecule has 12 heavy (non-hydrogen) atoms. The Labute approximate surface area is 73.0 Å². The van der Waals surface area contributed by atoms with Crippen LogP contribution in [0.5, 0.6) is 0 Å². The fourth-order valence-electron chi connectivity index (χ4n) is 1.09. The fraction of sp³-hybridized carbons (Fsp3) is 0.625. The van der Waals surface area contributed by atoms with Gasteiger partial charge in [0.25, 0.3) is 0 Å². The average Bonchev–Trinajstić information content (AvgIpc) is 2.34. The Bertz CT molecular complexity index is 252. The van der Waals surface area contributed by atoms with E-state index >= 15 is 0 Å². The number of anilines is 1. The lowest BCUT2D eigenvalue weighted by molar-refractivity contribution is 0.704. The van der Waals surface area contributed by atoms with Crippen molar-refractivity contribution in [1.82, 2.24) is 9.78 Å². The molecule has 1 aromatic rings. The highest BCUT2D eigenvalue weighted by molar-refractivity contribution is 5.37. The van der Waals surface area contributed by atoms with Crippen LogP contribution in [0.25, 0.3) is 0 Å². The normalized spacial score (nSPS) is 10.3. The first kappa shape index (κ1) is 9.06. The molecular weight excluding hydrogens is 152 g/mol. The molecular formula is C8H16N4. The molecule has 0 amide bonds. The van der Waals surface area contributed by atoms with Crippen molar-refractivity contribution in [2.45, 2.75) is 6.42 Å². The summed E-state index contributed by atoms with van der Waals surface area (Å²) in [5, 5.41) is 4.32. The van der Waals surface area contributed by atoms with Crippen molar-refractivity contribution >= 4 is 5.82 Å². The van der Waals surface area contributed by atoms with Crippen LogP contribution in [-0.4, -0.2) is 30.4 Å². The van der Waals surface area contributed by atoms with E-state index in [1.165, 1.54) is 5.69 Å². The van der Waals surface area contributed by atoms with Gasteiger partial charge in [-0.05, 0) is 6.54 Å². The molecule has 0 aromatic carbocycles. The predicted octanol–water partition coefficient (Wildman–Crippen LogP) is -0.0127. The number of hydrogen-bond donors (Lipinski definition) is 1. The van der Waals surface area contributed by atoms with Gasteiger partial charge in [0, 0.05) is 39.3 Å². The van der Waals surface area contributed by atoms with Crippen LogP contribution in [-0.2, 0) is 13.5 Å². The summed E-state index contributed by atoms with van der Waals surface area (Å²) in [6.45, 7) is 0.673. The lowest BCUT2D eigenvalue weighted by Gasteiger charge is -2.05. The molecule has 4 heteroatoms. The molecule has 0 atom stereocenters. The summed E-state index contributed by atoms with van der Waals surface area (Å²) in [7, 11) is 5.90. The molecule has 0 bridgehead atoms. The number of nitrogens with two attached hydrogens (primary N) is 1. The van der Waals surface area contributed by atoms with Gasteiger partial charge in [0.15, 0.2) is 0 Å². The Morgan fingerprint density at radius 2 is 2.25 bits per heavy atom. The van der Waals surface area contributed by atoms with Crippen LogP contribution < -0.4 is 10.6 Å². The average molecular weight is 168 g/mol. The molecule has 0 unspecified atom stereocenters. The fourth-order valence-corrected chi connectivity index (χ4v) is 1.09. The van der Waals surface area contributed by atoms with E-state index in [-0.39, 0.29) is 0 Å². The summed E-state index contributed by atoms with van der Waals surface area (Å²) in [4.78, 5) is 1.99. The van der Waals surface area contributed by atoms with Gasteiger partial charge in [-0.15, -0.1) is 0 Å². The third-order valence-electron chi connectivity index (χ3n) is 1.82. The zero-order valence-electron chi connectivity index (χ0n) is 7.91. The lowest BCUT2D eigenvalue weighted by Crippen LogP contribution is -2.09. The predicted molar refractivity (Wildman–Crippen MR) is 50.3 cm³/mol. The molecule has 0 aliphatic heterocycles. The minimum Gasteiger partial charge on any atom is -0.361 e. The molecule has 0 aliphatic rings. The van der Waals surface area contributed by atoms with Crippen molar-refractivity contribution in [3.05, 3.63) is 11.8 Å². The van der Waals surface area contributed by atoms with E-state index in [9.17, 15) is 0 Å². The van der Waals surface area contributed by atoms with Gasteiger partial charge in [-0.3, -0.25) is 4.68 Å². The van der Waals surface area contributed by atoms with Crippen molar-refractivity contribution in [1.29, 1.82) is 0 Å². The first-order valence-corrected chi connectivity index (χ1v) is 4.05. The van der Waals surface area contributed by atoms with Crippen LogP contribution in [0.15, 0.2) is 6.07 Å². The van der Waals surface area contributed by atoms with Gasteiger partial charge < -0.3 is 10.6 Å². The van der Waals surface area contributed by atoms with Gasteiger partial charge in [0.1, 0.15) is 5.82 Å². The first-order chi connectivity index (χ1) is 5.65. The summed E-state index contributed by atoms with van der Waals surface area (Å²) < 4.78 is 1.88. The third-order valence-corrected chi connectivity index (χ3v) is 1.82. The van der Waals surface area contributed by atoms with Gasteiger partial charge in [-0.2, -0.15) is 5.10 Å². The highest BCUT2D eigenvalue weighted by Gasteiger charge is 2.04. The van der Waals surface area contributed by atoms with Crippen LogP contribution in [0.3, 0.4) is 0 Å². The van der Waals surface area contributed by atoms with E-state index in [1.807, 2.05) is 30.7 Å². The Morgan fingerprint density at radius 1 is 1.58 bits per heavy atom. The minimum atomic E-state index is 0.673. The van der Waals surface area contributed by atoms with Crippen molar-refractivity contribution in [3.63, 3.8) is 0 Å². The number of hydrogen-bond acceptors (Lipinski definition) is 3. The molecule has 2 N–H and O–H groups in total. The quantitative estimate of drug-likeness (QED) is 0.690. The number of nitrogens with zero attached hydrogens (tertiary/aromatic N) is 3. The summed E-state index contributed by atoms with van der Waals surface area (Å²) in [6.07, 6.45) is 0.886. The van der Waals surface area contributed by atoms with Crippen molar-refractivity contribution in [2.24, 2.45) is 12.8 Å². The van der Waals surface area contributed by atoms with Crippen LogP contribution in [0.2, 0.25) is 0 Å². The smallest absolute Gasteiger partial charge is 0.150 e. The minimum absolute atomic E-state index is 0.673. The van der Waals surface area contributed by atoms with Crippen LogP contribution in [0.4, 0.5) is 5.82 Å².